The molecule has 0 radical (unpaired) electrons. The Morgan fingerprint density at radius 3 is 2.69 bits per heavy atom. The Kier molecular flexibility index (Phi) is 6.86. The summed E-state index contributed by atoms with van der Waals surface area (Å²) in [7, 11) is 1.27. The summed E-state index contributed by atoms with van der Waals surface area (Å²) in [5.41, 5.74) is 5.48. The van der Waals surface area contributed by atoms with E-state index in [2.05, 4.69) is 9.84 Å². The van der Waals surface area contributed by atoms with Crippen molar-refractivity contribution in [1.29, 1.82) is 5.26 Å². The van der Waals surface area contributed by atoms with E-state index in [9.17, 15) is 18.4 Å². The Labute approximate surface area is 163 Å². The lowest BCUT2D eigenvalue weighted by Gasteiger charge is -2.11. The van der Waals surface area contributed by atoms with E-state index in [0.29, 0.717) is 5.56 Å². The molecule has 1 heterocycles. The van der Waals surface area contributed by atoms with E-state index in [1.54, 1.807) is 6.07 Å². The van der Waals surface area contributed by atoms with Crippen LogP contribution in [0.25, 0.3) is 17.3 Å². The summed E-state index contributed by atoms with van der Waals surface area (Å²) >= 11 is 0. The molecule has 1 amide bonds. The molecule has 152 valence electrons. The molecule has 2 aromatic rings. The highest BCUT2D eigenvalue weighted by atomic mass is 19.3. The fourth-order valence-electron chi connectivity index (χ4n) is 2.41. The average Bonchev–Trinajstić information content (AvgIpc) is 3.06. The number of halogens is 2. The molecule has 0 spiro atoms. The van der Waals surface area contributed by atoms with E-state index in [1.807, 2.05) is 0 Å². The van der Waals surface area contributed by atoms with Crippen molar-refractivity contribution in [3.8, 4) is 28.8 Å². The van der Waals surface area contributed by atoms with Gasteiger partial charge in [-0.15, -0.1) is 0 Å². The van der Waals surface area contributed by atoms with Crippen molar-refractivity contribution >= 4 is 18.0 Å². The lowest BCUT2D eigenvalue weighted by Crippen LogP contribution is -2.14. The monoisotopic (exact) mass is 406 g/mol. The first-order valence-corrected chi connectivity index (χ1v) is 8.09. The third-order valence-electron chi connectivity index (χ3n) is 3.68. The number of ether oxygens (including phenoxy) is 2. The van der Waals surface area contributed by atoms with Gasteiger partial charge >= 0.3 is 12.6 Å². The number of nitriles is 1. The molecular weight excluding hydrogens is 390 g/mol. The van der Waals surface area contributed by atoms with Crippen LogP contribution in [0.4, 0.5) is 8.78 Å². The molecule has 0 aliphatic rings. The molecule has 0 saturated carbocycles. The fraction of sp³-hybridized carbons (Fsp3) is 0.222. The Morgan fingerprint density at radius 2 is 2.14 bits per heavy atom. The van der Waals surface area contributed by atoms with E-state index in [1.165, 1.54) is 36.2 Å². The predicted octanol–water partition coefficient (Wildman–Crippen LogP) is 2.03. The molecular formula is C18H16F2N4O5. The quantitative estimate of drug-likeness (QED) is 0.479. The Morgan fingerprint density at radius 1 is 1.41 bits per heavy atom. The molecule has 11 heteroatoms. The van der Waals surface area contributed by atoms with Gasteiger partial charge in [-0.1, -0.05) is 0 Å². The van der Waals surface area contributed by atoms with Gasteiger partial charge in [0.1, 0.15) is 11.6 Å². The highest BCUT2D eigenvalue weighted by Gasteiger charge is 2.17. The molecule has 0 aliphatic heterocycles. The van der Waals surface area contributed by atoms with Gasteiger partial charge in [0.15, 0.2) is 11.5 Å². The second kappa shape index (κ2) is 9.32. The molecule has 29 heavy (non-hydrogen) atoms. The molecule has 1 aromatic heterocycles. The van der Waals surface area contributed by atoms with Gasteiger partial charge in [-0.05, 0) is 24.3 Å². The molecule has 2 rings (SSSR count). The van der Waals surface area contributed by atoms with Crippen molar-refractivity contribution in [1.82, 2.24) is 9.78 Å². The molecule has 3 N–H and O–H groups in total. The zero-order chi connectivity index (χ0) is 21.6. The summed E-state index contributed by atoms with van der Waals surface area (Å²) in [6.45, 7) is -2.93. The minimum absolute atomic E-state index is 0.00292. The fourth-order valence-corrected chi connectivity index (χ4v) is 2.41. The zero-order valence-corrected chi connectivity index (χ0v) is 15.1. The van der Waals surface area contributed by atoms with Crippen LogP contribution in [0.1, 0.15) is 12.0 Å². The molecule has 0 bridgehead atoms. The number of benzene rings is 1. The predicted molar refractivity (Wildman–Crippen MR) is 95.9 cm³/mol. The number of carboxylic acid groups (broad SMARTS) is 1. The van der Waals surface area contributed by atoms with Crippen LogP contribution in [0, 0.1) is 11.3 Å². The van der Waals surface area contributed by atoms with Crippen LogP contribution in [-0.4, -0.2) is 40.5 Å². The number of aliphatic carboxylic acids is 1. The third-order valence-corrected chi connectivity index (χ3v) is 3.68. The van der Waals surface area contributed by atoms with Crippen molar-refractivity contribution in [2.75, 3.05) is 7.11 Å². The number of carbonyl (C=O) groups excluding carboxylic acids is 1. The number of primary amides is 1. The van der Waals surface area contributed by atoms with Gasteiger partial charge in [0.25, 0.3) is 0 Å². The number of carboxylic acids is 1. The maximum atomic E-state index is 12.5. The van der Waals surface area contributed by atoms with Gasteiger partial charge in [0.2, 0.25) is 5.91 Å². The first-order chi connectivity index (χ1) is 13.7. The standard InChI is InChI=1S/C18H16F2N4O5/c1-28-14-7-10(2-3-13(14)29-18(19)20)16-12(6-11(8-21)17(26)27)9-24(23-16)5-4-15(22)25/h2-3,6-7,9,18H,4-5H2,1H3,(H2,22,25)(H,26,27)/b11-6-. The minimum Gasteiger partial charge on any atom is -0.493 e. The Bertz CT molecular complexity index is 995. The molecule has 9 nitrogen and oxygen atoms in total. The number of aromatic nitrogens is 2. The Balaban J connectivity index is 2.56. The first-order valence-electron chi connectivity index (χ1n) is 8.09. The number of hydrogen-bond acceptors (Lipinski definition) is 6. The maximum Gasteiger partial charge on any atom is 0.387 e. The molecule has 1 aromatic carbocycles. The SMILES string of the molecule is COc1cc(-c2nn(CCC(N)=O)cc2/C=C(/C#N)C(=O)O)ccc1OC(F)F. The lowest BCUT2D eigenvalue weighted by atomic mass is 10.1. The number of nitrogens with zero attached hydrogens (tertiary/aromatic N) is 3. The van der Waals surface area contributed by atoms with Gasteiger partial charge in [0, 0.05) is 30.3 Å². The number of aryl methyl sites for hydroxylation is 1. The summed E-state index contributed by atoms with van der Waals surface area (Å²) in [5.74, 6) is -2.18. The molecule has 0 fully saturated rings. The normalized spacial score (nSPS) is 11.2. The van der Waals surface area contributed by atoms with Crippen LogP contribution in [-0.2, 0) is 16.1 Å². The van der Waals surface area contributed by atoms with Gasteiger partial charge in [-0.2, -0.15) is 19.1 Å². The number of amides is 1. The van der Waals surface area contributed by atoms with E-state index in [4.69, 9.17) is 20.8 Å². The number of hydrogen-bond donors (Lipinski definition) is 2. The third kappa shape index (κ3) is 5.52. The van der Waals surface area contributed by atoms with Gasteiger partial charge in [-0.25, -0.2) is 4.79 Å². The topological polar surface area (TPSA) is 140 Å². The van der Waals surface area contributed by atoms with Crippen molar-refractivity contribution < 1.29 is 33.0 Å². The number of carbonyl (C=O) groups is 2. The number of alkyl halides is 2. The van der Waals surface area contributed by atoms with Gasteiger partial charge in [0.05, 0.1) is 12.8 Å². The van der Waals surface area contributed by atoms with Crippen LogP contribution in [0.5, 0.6) is 11.5 Å². The van der Waals surface area contributed by atoms with Crippen molar-refractivity contribution in [3.63, 3.8) is 0 Å². The van der Waals surface area contributed by atoms with Crippen LogP contribution in [0.2, 0.25) is 0 Å². The second-order valence-corrected chi connectivity index (χ2v) is 5.63. The van der Waals surface area contributed by atoms with E-state index in [-0.39, 0.29) is 35.7 Å². The van der Waals surface area contributed by atoms with Crippen molar-refractivity contribution in [3.05, 3.63) is 35.5 Å². The lowest BCUT2D eigenvalue weighted by molar-refractivity contribution is -0.132. The van der Waals surface area contributed by atoms with E-state index < -0.39 is 24.1 Å². The van der Waals surface area contributed by atoms with Crippen LogP contribution >= 0.6 is 0 Å². The van der Waals surface area contributed by atoms with E-state index in [0.717, 1.165) is 6.08 Å². The summed E-state index contributed by atoms with van der Waals surface area (Å²) in [5, 5.41) is 22.4. The van der Waals surface area contributed by atoms with Gasteiger partial charge in [-0.3, -0.25) is 9.48 Å². The van der Waals surface area contributed by atoms with Crippen LogP contribution in [0.3, 0.4) is 0 Å². The number of rotatable bonds is 9. The minimum atomic E-state index is -3.05. The molecule has 0 saturated heterocycles. The molecule has 0 aliphatic carbocycles. The first kappa shape index (κ1) is 21.4. The summed E-state index contributed by atoms with van der Waals surface area (Å²) in [4.78, 5) is 22.2. The number of methoxy groups -OCH3 is 1. The largest absolute Gasteiger partial charge is 0.493 e. The average molecular weight is 406 g/mol. The summed E-state index contributed by atoms with van der Waals surface area (Å²) < 4.78 is 35.8. The maximum absolute atomic E-state index is 12.5. The zero-order valence-electron chi connectivity index (χ0n) is 15.1. The van der Waals surface area contributed by atoms with Crippen LogP contribution < -0.4 is 15.2 Å². The van der Waals surface area contributed by atoms with E-state index >= 15 is 0 Å². The van der Waals surface area contributed by atoms with Crippen molar-refractivity contribution in [2.45, 2.75) is 19.6 Å². The van der Waals surface area contributed by atoms with Crippen LogP contribution in [0.15, 0.2) is 30.0 Å². The highest BCUT2D eigenvalue weighted by Crippen LogP contribution is 2.34. The summed E-state index contributed by atoms with van der Waals surface area (Å²) in [6.07, 6.45) is 2.54. The molecule has 0 unspecified atom stereocenters. The molecule has 0 atom stereocenters. The Hall–Kier alpha value is -3.94. The van der Waals surface area contributed by atoms with Gasteiger partial charge < -0.3 is 20.3 Å². The van der Waals surface area contributed by atoms with Crippen molar-refractivity contribution in [2.24, 2.45) is 5.73 Å². The second-order valence-electron chi connectivity index (χ2n) is 5.63. The number of nitrogens with two attached hydrogens (primary N) is 1. The summed E-state index contributed by atoms with van der Waals surface area (Å²) in [6, 6.07) is 5.61. The highest BCUT2D eigenvalue weighted by molar-refractivity contribution is 5.97. The smallest absolute Gasteiger partial charge is 0.387 e.